The van der Waals surface area contributed by atoms with Gasteiger partial charge in [0.2, 0.25) is 10.0 Å². The van der Waals surface area contributed by atoms with Crippen LogP contribution in [0.3, 0.4) is 0 Å². The van der Waals surface area contributed by atoms with E-state index >= 15 is 0 Å². The van der Waals surface area contributed by atoms with E-state index < -0.39 is 10.0 Å². The first-order chi connectivity index (χ1) is 9.90. The number of aromatic amines is 1. The normalized spacial score (nSPS) is 11.7. The molecule has 2 rings (SSSR count). The number of halogens is 1. The van der Waals surface area contributed by atoms with Gasteiger partial charge in [-0.05, 0) is 59.5 Å². The summed E-state index contributed by atoms with van der Waals surface area (Å²) in [5.41, 5.74) is 8.27. The van der Waals surface area contributed by atoms with Crippen LogP contribution in [0.15, 0.2) is 33.8 Å². The molecule has 1 aromatic heterocycles. The number of nitrogens with zero attached hydrogens (tertiary/aromatic N) is 1. The standard InChI is InChI=1S/C13H17BrN4O2S/c1-9-10(8-16-18-9)3-2-6-17-21(19,20)11-4-5-13(15)12(14)7-11/h4-5,7-8,17H,2-3,6,15H2,1H3,(H,16,18). The number of nitrogen functional groups attached to an aromatic ring is 1. The minimum Gasteiger partial charge on any atom is -0.398 e. The fourth-order valence-electron chi connectivity index (χ4n) is 1.87. The van der Waals surface area contributed by atoms with Gasteiger partial charge in [0.05, 0.1) is 11.1 Å². The maximum Gasteiger partial charge on any atom is 0.240 e. The molecule has 1 heterocycles. The quantitative estimate of drug-likeness (QED) is 0.532. The number of hydrogen-bond donors (Lipinski definition) is 3. The second-order valence-corrected chi connectivity index (χ2v) is 7.33. The number of hydrogen-bond acceptors (Lipinski definition) is 4. The molecule has 0 bridgehead atoms. The van der Waals surface area contributed by atoms with Gasteiger partial charge in [0.1, 0.15) is 0 Å². The van der Waals surface area contributed by atoms with E-state index in [4.69, 9.17) is 5.73 Å². The van der Waals surface area contributed by atoms with Crippen LogP contribution in [-0.2, 0) is 16.4 Å². The predicted octanol–water partition coefficient (Wildman–Crippen LogP) is 1.97. The largest absolute Gasteiger partial charge is 0.398 e. The molecule has 0 atom stereocenters. The Kier molecular flexibility index (Phi) is 5.02. The first kappa shape index (κ1) is 16.0. The minimum absolute atomic E-state index is 0.197. The van der Waals surface area contributed by atoms with Crippen molar-refractivity contribution in [3.05, 3.63) is 40.1 Å². The molecule has 6 nitrogen and oxygen atoms in total. The van der Waals surface area contributed by atoms with Crippen LogP contribution < -0.4 is 10.5 Å². The van der Waals surface area contributed by atoms with Crippen LogP contribution >= 0.6 is 15.9 Å². The molecule has 8 heteroatoms. The van der Waals surface area contributed by atoms with Crippen molar-refractivity contribution in [2.24, 2.45) is 0 Å². The van der Waals surface area contributed by atoms with E-state index in [1.165, 1.54) is 12.1 Å². The van der Waals surface area contributed by atoms with Gasteiger partial charge in [-0.3, -0.25) is 5.10 Å². The van der Waals surface area contributed by atoms with Crippen molar-refractivity contribution in [2.75, 3.05) is 12.3 Å². The summed E-state index contributed by atoms with van der Waals surface area (Å²) in [4.78, 5) is 0.197. The first-order valence-corrected chi connectivity index (χ1v) is 8.71. The third-order valence-electron chi connectivity index (χ3n) is 3.13. The van der Waals surface area contributed by atoms with Gasteiger partial charge < -0.3 is 5.73 Å². The van der Waals surface area contributed by atoms with E-state index in [0.29, 0.717) is 23.1 Å². The summed E-state index contributed by atoms with van der Waals surface area (Å²) in [6.45, 7) is 2.31. The highest BCUT2D eigenvalue weighted by atomic mass is 79.9. The average Bonchev–Trinajstić information content (AvgIpc) is 2.83. The second kappa shape index (κ2) is 6.59. The van der Waals surface area contributed by atoms with Crippen molar-refractivity contribution >= 4 is 31.6 Å². The molecule has 0 fully saturated rings. The van der Waals surface area contributed by atoms with Crippen molar-refractivity contribution in [2.45, 2.75) is 24.7 Å². The molecule has 2 aromatic rings. The van der Waals surface area contributed by atoms with Gasteiger partial charge in [-0.1, -0.05) is 0 Å². The molecule has 0 radical (unpaired) electrons. The van der Waals surface area contributed by atoms with Crippen LogP contribution in [0.2, 0.25) is 0 Å². The zero-order valence-corrected chi connectivity index (χ0v) is 14.0. The molecule has 0 saturated heterocycles. The molecule has 0 aliphatic heterocycles. The zero-order chi connectivity index (χ0) is 15.5. The third-order valence-corrected chi connectivity index (χ3v) is 5.28. The Balaban J connectivity index is 1.92. The molecule has 0 aliphatic carbocycles. The SMILES string of the molecule is Cc1[nH]ncc1CCCNS(=O)(=O)c1ccc(N)c(Br)c1. The molecule has 0 unspecified atom stereocenters. The number of aryl methyl sites for hydroxylation is 2. The maximum atomic E-state index is 12.1. The van der Waals surface area contributed by atoms with Crippen molar-refractivity contribution in [3.63, 3.8) is 0 Å². The Bertz CT molecular complexity index is 728. The van der Waals surface area contributed by atoms with Gasteiger partial charge in [-0.15, -0.1) is 0 Å². The summed E-state index contributed by atoms with van der Waals surface area (Å²) in [7, 11) is -3.51. The molecular weight excluding hydrogens is 356 g/mol. The van der Waals surface area contributed by atoms with E-state index in [9.17, 15) is 8.42 Å². The van der Waals surface area contributed by atoms with E-state index in [-0.39, 0.29) is 4.90 Å². The Labute approximate surface area is 132 Å². The third kappa shape index (κ3) is 4.05. The average molecular weight is 373 g/mol. The molecule has 1 aromatic carbocycles. The highest BCUT2D eigenvalue weighted by molar-refractivity contribution is 9.10. The van der Waals surface area contributed by atoms with Crippen LogP contribution in [0.5, 0.6) is 0 Å². The van der Waals surface area contributed by atoms with Gasteiger partial charge in [0.25, 0.3) is 0 Å². The van der Waals surface area contributed by atoms with E-state index in [0.717, 1.165) is 17.7 Å². The first-order valence-electron chi connectivity index (χ1n) is 6.43. The minimum atomic E-state index is -3.51. The van der Waals surface area contributed by atoms with Crippen LogP contribution in [-0.4, -0.2) is 25.2 Å². The van der Waals surface area contributed by atoms with Gasteiger partial charge in [-0.25, -0.2) is 13.1 Å². The Morgan fingerprint density at radius 2 is 2.19 bits per heavy atom. The fourth-order valence-corrected chi connectivity index (χ4v) is 3.50. The van der Waals surface area contributed by atoms with Crippen LogP contribution in [0.25, 0.3) is 0 Å². The lowest BCUT2D eigenvalue weighted by Crippen LogP contribution is -2.25. The maximum absolute atomic E-state index is 12.1. The smallest absolute Gasteiger partial charge is 0.240 e. The summed E-state index contributed by atoms with van der Waals surface area (Å²) in [5, 5.41) is 6.79. The Hall–Kier alpha value is -1.38. The molecular formula is C13H17BrN4O2S. The second-order valence-electron chi connectivity index (χ2n) is 4.70. The van der Waals surface area contributed by atoms with Crippen LogP contribution in [0.1, 0.15) is 17.7 Å². The van der Waals surface area contributed by atoms with Gasteiger partial charge in [-0.2, -0.15) is 5.10 Å². The molecule has 21 heavy (non-hydrogen) atoms. The molecule has 114 valence electrons. The van der Waals surface area contributed by atoms with E-state index in [2.05, 4.69) is 30.8 Å². The number of benzene rings is 1. The molecule has 0 amide bonds. The summed E-state index contributed by atoms with van der Waals surface area (Å²) >= 11 is 3.23. The van der Waals surface area contributed by atoms with Gasteiger partial charge in [0, 0.05) is 22.4 Å². The molecule has 0 spiro atoms. The highest BCUT2D eigenvalue weighted by Crippen LogP contribution is 2.22. The zero-order valence-electron chi connectivity index (χ0n) is 11.6. The van der Waals surface area contributed by atoms with Crippen molar-refractivity contribution in [1.29, 1.82) is 0 Å². The van der Waals surface area contributed by atoms with Crippen LogP contribution in [0.4, 0.5) is 5.69 Å². The van der Waals surface area contributed by atoms with E-state index in [1.54, 1.807) is 12.3 Å². The highest BCUT2D eigenvalue weighted by Gasteiger charge is 2.14. The predicted molar refractivity (Wildman–Crippen MR) is 85.4 cm³/mol. The number of anilines is 1. The number of sulfonamides is 1. The molecule has 0 saturated carbocycles. The lowest BCUT2D eigenvalue weighted by atomic mass is 10.1. The summed E-state index contributed by atoms with van der Waals surface area (Å²) in [6, 6.07) is 4.55. The Morgan fingerprint density at radius 3 is 2.81 bits per heavy atom. The lowest BCUT2D eigenvalue weighted by molar-refractivity contribution is 0.579. The van der Waals surface area contributed by atoms with Crippen LogP contribution in [0, 0.1) is 6.92 Å². The van der Waals surface area contributed by atoms with Crippen molar-refractivity contribution in [1.82, 2.24) is 14.9 Å². The Morgan fingerprint density at radius 1 is 1.43 bits per heavy atom. The summed E-state index contributed by atoms with van der Waals surface area (Å²) < 4.78 is 27.4. The van der Waals surface area contributed by atoms with Crippen molar-refractivity contribution < 1.29 is 8.42 Å². The van der Waals surface area contributed by atoms with E-state index in [1.807, 2.05) is 6.92 Å². The van der Waals surface area contributed by atoms with Gasteiger partial charge >= 0.3 is 0 Å². The lowest BCUT2D eigenvalue weighted by Gasteiger charge is -2.08. The summed E-state index contributed by atoms with van der Waals surface area (Å²) in [5.74, 6) is 0. The molecule has 4 N–H and O–H groups in total. The number of aromatic nitrogens is 2. The topological polar surface area (TPSA) is 101 Å². The fraction of sp³-hybridized carbons (Fsp3) is 0.308. The van der Waals surface area contributed by atoms with Gasteiger partial charge in [0.15, 0.2) is 0 Å². The monoisotopic (exact) mass is 372 g/mol. The number of nitrogens with one attached hydrogen (secondary N) is 2. The number of rotatable bonds is 6. The number of nitrogens with two attached hydrogens (primary N) is 1. The number of H-pyrrole nitrogens is 1. The molecule has 0 aliphatic rings. The summed E-state index contributed by atoms with van der Waals surface area (Å²) in [6.07, 6.45) is 3.24. The van der Waals surface area contributed by atoms with Crippen molar-refractivity contribution in [3.8, 4) is 0 Å².